The third-order valence-corrected chi connectivity index (χ3v) is 3.29. The first-order chi connectivity index (χ1) is 7.29. The monoisotopic (exact) mass is 242 g/mol. The highest BCUT2D eigenvalue weighted by Crippen LogP contribution is 2.21. The summed E-state index contributed by atoms with van der Waals surface area (Å²) >= 11 is 7.66. The number of thiophene rings is 1. The van der Waals surface area contributed by atoms with Gasteiger partial charge in [-0.3, -0.25) is 0 Å². The summed E-state index contributed by atoms with van der Waals surface area (Å²) in [5.41, 5.74) is 1.19. The normalized spacial score (nSPS) is 12.9. The predicted molar refractivity (Wildman–Crippen MR) is 60.3 cm³/mol. The number of hydrogen-bond donors (Lipinski definition) is 0. The SMILES string of the molecule is CCC(Cl)c1noc(Cc2ccsc2)n1. The molecule has 2 aromatic heterocycles. The van der Waals surface area contributed by atoms with Crippen LogP contribution in [0, 0.1) is 0 Å². The molecule has 15 heavy (non-hydrogen) atoms. The minimum Gasteiger partial charge on any atom is -0.339 e. The molecule has 1 atom stereocenters. The zero-order chi connectivity index (χ0) is 10.7. The molecule has 0 bridgehead atoms. The summed E-state index contributed by atoms with van der Waals surface area (Å²) in [7, 11) is 0. The van der Waals surface area contributed by atoms with Crippen LogP contribution in [0.25, 0.3) is 0 Å². The molecule has 0 saturated carbocycles. The van der Waals surface area contributed by atoms with Crippen molar-refractivity contribution in [2.75, 3.05) is 0 Å². The third-order valence-electron chi connectivity index (χ3n) is 2.06. The lowest BCUT2D eigenvalue weighted by Crippen LogP contribution is -1.92. The lowest BCUT2D eigenvalue weighted by atomic mass is 10.2. The van der Waals surface area contributed by atoms with Crippen molar-refractivity contribution in [1.82, 2.24) is 10.1 Å². The van der Waals surface area contributed by atoms with Gasteiger partial charge in [-0.15, -0.1) is 11.6 Å². The van der Waals surface area contributed by atoms with E-state index in [-0.39, 0.29) is 5.38 Å². The van der Waals surface area contributed by atoms with Crippen molar-refractivity contribution in [3.63, 3.8) is 0 Å². The Morgan fingerprint density at radius 3 is 3.13 bits per heavy atom. The fourth-order valence-electron chi connectivity index (χ4n) is 1.22. The maximum Gasteiger partial charge on any atom is 0.231 e. The van der Waals surface area contributed by atoms with Gasteiger partial charge in [0, 0.05) is 0 Å². The van der Waals surface area contributed by atoms with Crippen molar-refractivity contribution in [3.8, 4) is 0 Å². The fourth-order valence-corrected chi connectivity index (χ4v) is 1.97. The van der Waals surface area contributed by atoms with Crippen molar-refractivity contribution >= 4 is 22.9 Å². The van der Waals surface area contributed by atoms with Crippen molar-refractivity contribution in [2.24, 2.45) is 0 Å². The molecule has 0 aliphatic carbocycles. The molecule has 0 N–H and O–H groups in total. The van der Waals surface area contributed by atoms with Crippen LogP contribution < -0.4 is 0 Å². The molecule has 2 aromatic rings. The van der Waals surface area contributed by atoms with Gasteiger partial charge in [-0.05, 0) is 28.8 Å². The van der Waals surface area contributed by atoms with Crippen molar-refractivity contribution in [2.45, 2.75) is 25.1 Å². The highest BCUT2D eigenvalue weighted by atomic mass is 35.5. The molecule has 0 amide bonds. The van der Waals surface area contributed by atoms with E-state index in [9.17, 15) is 0 Å². The molecule has 2 heterocycles. The minimum atomic E-state index is -0.148. The zero-order valence-corrected chi connectivity index (χ0v) is 9.88. The van der Waals surface area contributed by atoms with Crippen molar-refractivity contribution in [3.05, 3.63) is 34.1 Å². The van der Waals surface area contributed by atoms with Gasteiger partial charge in [0.1, 0.15) is 0 Å². The number of alkyl halides is 1. The summed E-state index contributed by atoms with van der Waals surface area (Å²) in [5.74, 6) is 1.21. The van der Waals surface area contributed by atoms with Crippen LogP contribution in [0.4, 0.5) is 0 Å². The highest BCUT2D eigenvalue weighted by Gasteiger charge is 2.13. The molecule has 3 nitrogen and oxygen atoms in total. The van der Waals surface area contributed by atoms with Gasteiger partial charge in [0.05, 0.1) is 11.8 Å². The minimum absolute atomic E-state index is 0.148. The quantitative estimate of drug-likeness (QED) is 0.772. The van der Waals surface area contributed by atoms with E-state index in [0.717, 1.165) is 6.42 Å². The molecule has 80 valence electrons. The molecule has 1 unspecified atom stereocenters. The number of hydrogen-bond acceptors (Lipinski definition) is 4. The molecule has 0 spiro atoms. The first-order valence-corrected chi connectivity index (χ1v) is 6.15. The summed E-state index contributed by atoms with van der Waals surface area (Å²) in [4.78, 5) is 4.25. The predicted octanol–water partition coefficient (Wildman–Crippen LogP) is 3.41. The maximum atomic E-state index is 6.00. The van der Waals surface area contributed by atoms with Gasteiger partial charge >= 0.3 is 0 Å². The number of aromatic nitrogens is 2. The summed E-state index contributed by atoms with van der Waals surface area (Å²) < 4.78 is 5.12. The zero-order valence-electron chi connectivity index (χ0n) is 8.31. The van der Waals surface area contributed by atoms with Gasteiger partial charge in [-0.1, -0.05) is 12.1 Å². The third kappa shape index (κ3) is 2.58. The van der Waals surface area contributed by atoms with Crippen LogP contribution in [0.15, 0.2) is 21.3 Å². The molecule has 0 fully saturated rings. The van der Waals surface area contributed by atoms with Crippen LogP contribution in [0.5, 0.6) is 0 Å². The van der Waals surface area contributed by atoms with Crippen LogP contribution in [-0.4, -0.2) is 10.1 Å². The van der Waals surface area contributed by atoms with Gasteiger partial charge in [-0.25, -0.2) is 0 Å². The fraction of sp³-hybridized carbons (Fsp3) is 0.400. The molecule has 0 radical (unpaired) electrons. The number of nitrogens with zero attached hydrogens (tertiary/aromatic N) is 2. The Labute approximate surface area is 97.1 Å². The second-order valence-electron chi connectivity index (χ2n) is 3.23. The molecule has 2 rings (SSSR count). The number of rotatable bonds is 4. The Kier molecular flexibility index (Phi) is 3.38. The van der Waals surface area contributed by atoms with Crippen LogP contribution >= 0.6 is 22.9 Å². The summed E-state index contributed by atoms with van der Waals surface area (Å²) in [6.07, 6.45) is 1.49. The first kappa shape index (κ1) is 10.6. The highest BCUT2D eigenvalue weighted by molar-refractivity contribution is 7.07. The average Bonchev–Trinajstić information content (AvgIpc) is 2.88. The summed E-state index contributed by atoms with van der Waals surface area (Å²) in [6.45, 7) is 1.99. The average molecular weight is 243 g/mol. The standard InChI is InChI=1S/C10H11ClN2OS/c1-2-8(11)10-12-9(14-13-10)5-7-3-4-15-6-7/h3-4,6,8H,2,5H2,1H3. The van der Waals surface area contributed by atoms with Crippen molar-refractivity contribution < 1.29 is 4.52 Å². The van der Waals surface area contributed by atoms with E-state index >= 15 is 0 Å². The van der Waals surface area contributed by atoms with Gasteiger partial charge in [0.15, 0.2) is 5.82 Å². The van der Waals surface area contributed by atoms with Crippen LogP contribution in [0.3, 0.4) is 0 Å². The second kappa shape index (κ2) is 4.77. The van der Waals surface area contributed by atoms with E-state index in [0.29, 0.717) is 18.1 Å². The smallest absolute Gasteiger partial charge is 0.231 e. The van der Waals surface area contributed by atoms with Gasteiger partial charge in [0.2, 0.25) is 5.89 Å². The van der Waals surface area contributed by atoms with E-state index in [4.69, 9.17) is 16.1 Å². The summed E-state index contributed by atoms with van der Waals surface area (Å²) in [6, 6.07) is 2.05. The topological polar surface area (TPSA) is 38.9 Å². The van der Waals surface area contributed by atoms with Crippen LogP contribution in [-0.2, 0) is 6.42 Å². The Morgan fingerprint density at radius 2 is 2.47 bits per heavy atom. The van der Waals surface area contributed by atoms with Crippen LogP contribution in [0.2, 0.25) is 0 Å². The Hall–Kier alpha value is -0.870. The van der Waals surface area contributed by atoms with E-state index in [1.807, 2.05) is 18.4 Å². The lowest BCUT2D eigenvalue weighted by molar-refractivity contribution is 0.378. The van der Waals surface area contributed by atoms with E-state index in [2.05, 4.69) is 15.5 Å². The second-order valence-corrected chi connectivity index (χ2v) is 4.54. The molecule has 5 heteroatoms. The van der Waals surface area contributed by atoms with Crippen LogP contribution in [0.1, 0.15) is 36.0 Å². The Balaban J connectivity index is 2.07. The molecular formula is C10H11ClN2OS. The molecule has 0 aliphatic heterocycles. The first-order valence-electron chi connectivity index (χ1n) is 4.77. The molecular weight excluding hydrogens is 232 g/mol. The molecule has 0 aliphatic rings. The van der Waals surface area contributed by atoms with Gasteiger partial charge in [-0.2, -0.15) is 16.3 Å². The molecule has 0 aromatic carbocycles. The van der Waals surface area contributed by atoms with Crippen molar-refractivity contribution in [1.29, 1.82) is 0 Å². The molecule has 0 saturated heterocycles. The lowest BCUT2D eigenvalue weighted by Gasteiger charge is -1.96. The largest absolute Gasteiger partial charge is 0.339 e. The number of halogens is 1. The Bertz CT molecular complexity index is 413. The summed E-state index contributed by atoms with van der Waals surface area (Å²) in [5, 5.41) is 7.81. The van der Waals surface area contributed by atoms with E-state index in [1.165, 1.54) is 5.56 Å². The Morgan fingerprint density at radius 1 is 1.60 bits per heavy atom. The van der Waals surface area contributed by atoms with E-state index in [1.54, 1.807) is 11.3 Å². The van der Waals surface area contributed by atoms with Gasteiger partial charge < -0.3 is 4.52 Å². The van der Waals surface area contributed by atoms with Gasteiger partial charge in [0.25, 0.3) is 0 Å². The van der Waals surface area contributed by atoms with E-state index < -0.39 is 0 Å². The maximum absolute atomic E-state index is 6.00.